The van der Waals surface area contributed by atoms with Gasteiger partial charge in [0, 0.05) is 42.0 Å². The summed E-state index contributed by atoms with van der Waals surface area (Å²) >= 11 is 0. The van der Waals surface area contributed by atoms with Crippen molar-refractivity contribution in [3.05, 3.63) is 30.9 Å². The second-order valence-corrected chi connectivity index (χ2v) is 8.46. The average Bonchev–Trinajstić information content (AvgIpc) is 3.23. The number of halogens is 1. The Balaban J connectivity index is 1.66. The molecule has 25 heavy (non-hydrogen) atoms. The lowest BCUT2D eigenvalue weighted by atomic mass is 9.94. The Morgan fingerprint density at radius 1 is 1.36 bits per heavy atom. The topological polar surface area (TPSA) is 96.8 Å². The predicted molar refractivity (Wildman–Crippen MR) is 90.1 cm³/mol. The van der Waals surface area contributed by atoms with E-state index in [0.717, 1.165) is 16.5 Å². The van der Waals surface area contributed by atoms with Crippen LogP contribution in [0.2, 0.25) is 0 Å². The standard InChI is InChI=1S/C15H17FN6O2S/c1-2-25(23,24)21-9-15(8-16,10-21)22-7-11(5-19-22)13-6-18-20-14-12(13)3-4-17-14/h3-7H,2,8-10H2,1H3,(H,17,20). The molecule has 0 aromatic carbocycles. The number of nitrogens with one attached hydrogen (secondary N) is 1. The van der Waals surface area contributed by atoms with Crippen molar-refractivity contribution in [3.63, 3.8) is 0 Å². The van der Waals surface area contributed by atoms with Crippen LogP contribution >= 0.6 is 0 Å². The van der Waals surface area contributed by atoms with Gasteiger partial charge in [-0.3, -0.25) is 4.68 Å². The van der Waals surface area contributed by atoms with Crippen LogP contribution in [-0.2, 0) is 15.6 Å². The number of aromatic nitrogens is 5. The highest BCUT2D eigenvalue weighted by Crippen LogP contribution is 2.34. The maximum Gasteiger partial charge on any atom is 0.213 e. The van der Waals surface area contributed by atoms with Gasteiger partial charge >= 0.3 is 0 Å². The summed E-state index contributed by atoms with van der Waals surface area (Å²) in [6, 6.07) is 1.89. The highest BCUT2D eigenvalue weighted by Gasteiger charge is 2.50. The molecule has 1 fully saturated rings. The lowest BCUT2D eigenvalue weighted by Gasteiger charge is -2.47. The first-order valence-corrected chi connectivity index (χ1v) is 9.48. The van der Waals surface area contributed by atoms with Gasteiger partial charge < -0.3 is 4.98 Å². The minimum atomic E-state index is -3.31. The number of nitrogens with zero attached hydrogens (tertiary/aromatic N) is 5. The molecule has 1 saturated heterocycles. The number of H-pyrrole nitrogens is 1. The third-order valence-corrected chi connectivity index (χ3v) is 6.46. The molecule has 0 saturated carbocycles. The summed E-state index contributed by atoms with van der Waals surface area (Å²) in [7, 11) is -3.31. The van der Waals surface area contributed by atoms with Gasteiger partial charge in [-0.1, -0.05) is 0 Å². The van der Waals surface area contributed by atoms with Gasteiger partial charge in [0.2, 0.25) is 10.0 Å². The van der Waals surface area contributed by atoms with Gasteiger partial charge in [0.25, 0.3) is 0 Å². The Morgan fingerprint density at radius 3 is 2.88 bits per heavy atom. The van der Waals surface area contributed by atoms with Crippen LogP contribution in [0, 0.1) is 0 Å². The number of hydrogen-bond acceptors (Lipinski definition) is 5. The van der Waals surface area contributed by atoms with E-state index in [2.05, 4.69) is 20.3 Å². The number of aromatic amines is 1. The van der Waals surface area contributed by atoms with Crippen molar-refractivity contribution in [3.8, 4) is 11.1 Å². The smallest absolute Gasteiger partial charge is 0.213 e. The molecule has 1 aliphatic rings. The molecule has 4 heterocycles. The van der Waals surface area contributed by atoms with Crippen molar-refractivity contribution in [2.75, 3.05) is 25.5 Å². The van der Waals surface area contributed by atoms with E-state index in [-0.39, 0.29) is 18.8 Å². The second kappa shape index (κ2) is 5.60. The van der Waals surface area contributed by atoms with E-state index < -0.39 is 22.2 Å². The first kappa shape index (κ1) is 16.2. The third kappa shape index (κ3) is 2.44. The molecule has 0 spiro atoms. The van der Waals surface area contributed by atoms with Crippen LogP contribution < -0.4 is 0 Å². The zero-order chi connectivity index (χ0) is 17.7. The molecule has 0 radical (unpaired) electrons. The Kier molecular flexibility index (Phi) is 3.62. The Hall–Kier alpha value is -2.33. The normalized spacial score (nSPS) is 17.7. The van der Waals surface area contributed by atoms with Gasteiger partial charge in [0.15, 0.2) is 5.65 Å². The van der Waals surface area contributed by atoms with Crippen LogP contribution in [0.1, 0.15) is 6.92 Å². The van der Waals surface area contributed by atoms with Crippen molar-refractivity contribution in [1.29, 1.82) is 0 Å². The Labute approximate surface area is 143 Å². The fourth-order valence-electron chi connectivity index (χ4n) is 3.11. The van der Waals surface area contributed by atoms with Gasteiger partial charge in [-0.15, -0.1) is 5.10 Å². The SMILES string of the molecule is CCS(=O)(=O)N1CC(CF)(n2cc(-c3cnnc4[nH]ccc34)cn2)C1. The fraction of sp³-hybridized carbons (Fsp3) is 0.400. The summed E-state index contributed by atoms with van der Waals surface area (Å²) in [5.74, 6) is 0.00782. The van der Waals surface area contributed by atoms with Crippen LogP contribution in [0.5, 0.6) is 0 Å². The molecule has 0 atom stereocenters. The highest BCUT2D eigenvalue weighted by molar-refractivity contribution is 7.89. The van der Waals surface area contributed by atoms with Crippen LogP contribution in [0.3, 0.4) is 0 Å². The molecule has 3 aromatic heterocycles. The zero-order valence-corrected chi connectivity index (χ0v) is 14.4. The molecular weight excluding hydrogens is 347 g/mol. The molecule has 1 N–H and O–H groups in total. The minimum Gasteiger partial charge on any atom is -0.345 e. The van der Waals surface area contributed by atoms with E-state index >= 15 is 0 Å². The van der Waals surface area contributed by atoms with Crippen molar-refractivity contribution >= 4 is 21.1 Å². The molecule has 0 amide bonds. The lowest BCUT2D eigenvalue weighted by molar-refractivity contribution is 0.0415. The monoisotopic (exact) mass is 364 g/mol. The molecule has 0 aliphatic carbocycles. The molecule has 132 valence electrons. The third-order valence-electron chi connectivity index (χ3n) is 4.69. The van der Waals surface area contributed by atoms with Crippen molar-refractivity contribution < 1.29 is 12.8 Å². The van der Waals surface area contributed by atoms with E-state index in [1.54, 1.807) is 31.7 Å². The molecule has 10 heteroatoms. The molecule has 3 aromatic rings. The molecule has 0 bridgehead atoms. The lowest BCUT2D eigenvalue weighted by Crippen LogP contribution is -2.65. The van der Waals surface area contributed by atoms with E-state index in [4.69, 9.17) is 0 Å². The highest BCUT2D eigenvalue weighted by atomic mass is 32.2. The molecule has 8 nitrogen and oxygen atoms in total. The Morgan fingerprint density at radius 2 is 2.16 bits per heavy atom. The quantitative estimate of drug-likeness (QED) is 0.733. The predicted octanol–water partition coefficient (Wildman–Crippen LogP) is 1.15. The zero-order valence-electron chi connectivity index (χ0n) is 13.6. The van der Waals surface area contributed by atoms with Gasteiger partial charge in [-0.25, -0.2) is 12.8 Å². The maximum atomic E-state index is 13.8. The summed E-state index contributed by atoms with van der Waals surface area (Å²) in [6.07, 6.45) is 6.78. The van der Waals surface area contributed by atoms with E-state index in [9.17, 15) is 12.8 Å². The van der Waals surface area contributed by atoms with Gasteiger partial charge in [-0.2, -0.15) is 14.5 Å². The van der Waals surface area contributed by atoms with Crippen LogP contribution in [0.25, 0.3) is 22.2 Å². The largest absolute Gasteiger partial charge is 0.345 e. The number of rotatable bonds is 5. The van der Waals surface area contributed by atoms with E-state index in [1.165, 1.54) is 8.99 Å². The van der Waals surface area contributed by atoms with Crippen molar-refractivity contribution in [2.24, 2.45) is 0 Å². The Bertz CT molecular complexity index is 1020. The van der Waals surface area contributed by atoms with Crippen LogP contribution in [-0.4, -0.2) is 63.2 Å². The van der Waals surface area contributed by atoms with Gasteiger partial charge in [0.05, 0.1) is 18.1 Å². The summed E-state index contributed by atoms with van der Waals surface area (Å²) in [5.41, 5.74) is 1.33. The minimum absolute atomic E-state index is 0.00782. The molecule has 0 unspecified atom stereocenters. The molecule has 1 aliphatic heterocycles. The second-order valence-electron chi connectivity index (χ2n) is 6.20. The summed E-state index contributed by atoms with van der Waals surface area (Å²) in [4.78, 5) is 2.99. The van der Waals surface area contributed by atoms with Crippen molar-refractivity contribution in [1.82, 2.24) is 29.3 Å². The number of alkyl halides is 1. The first-order valence-electron chi connectivity index (χ1n) is 7.87. The fourth-order valence-corrected chi connectivity index (χ4v) is 4.35. The summed E-state index contributed by atoms with van der Waals surface area (Å²) in [5, 5.41) is 13.2. The number of fused-ring (bicyclic) bond motifs is 1. The van der Waals surface area contributed by atoms with Crippen molar-refractivity contribution in [2.45, 2.75) is 12.5 Å². The maximum absolute atomic E-state index is 13.8. The summed E-state index contributed by atoms with van der Waals surface area (Å²) in [6.45, 7) is 1.08. The van der Waals surface area contributed by atoms with E-state index in [0.29, 0.717) is 5.65 Å². The molecular formula is C15H17FN6O2S. The van der Waals surface area contributed by atoms with E-state index in [1.807, 2.05) is 6.07 Å². The van der Waals surface area contributed by atoms with Gasteiger partial charge in [0.1, 0.15) is 12.2 Å². The van der Waals surface area contributed by atoms with Gasteiger partial charge in [-0.05, 0) is 13.0 Å². The van der Waals surface area contributed by atoms with Crippen LogP contribution in [0.15, 0.2) is 30.9 Å². The molecule has 4 rings (SSSR count). The first-order chi connectivity index (χ1) is 12.0. The van der Waals surface area contributed by atoms with Crippen LogP contribution in [0.4, 0.5) is 4.39 Å². The number of hydrogen-bond donors (Lipinski definition) is 1. The summed E-state index contributed by atoms with van der Waals surface area (Å²) < 4.78 is 40.4. The number of sulfonamides is 1. The average molecular weight is 364 g/mol.